The highest BCUT2D eigenvalue weighted by Gasteiger charge is 2.39. The molecule has 1 heterocycles. The number of hydrogen-bond acceptors (Lipinski definition) is 3. The first kappa shape index (κ1) is 19.2. The smallest absolute Gasteiger partial charge is 0.248 e. The Labute approximate surface area is 170 Å². The molecule has 28 heavy (non-hydrogen) atoms. The van der Waals surface area contributed by atoms with Gasteiger partial charge in [0.15, 0.2) is 0 Å². The van der Waals surface area contributed by atoms with Crippen molar-refractivity contribution in [3.05, 3.63) is 29.3 Å². The van der Waals surface area contributed by atoms with Gasteiger partial charge >= 0.3 is 0 Å². The number of carbonyl (C=O) groups is 3. The Bertz CT molecular complexity index is 757. The summed E-state index contributed by atoms with van der Waals surface area (Å²) in [5, 5.41) is 0.602. The second-order valence-electron chi connectivity index (χ2n) is 8.06. The lowest BCUT2D eigenvalue weighted by molar-refractivity contribution is -0.144. The second-order valence-corrected chi connectivity index (χ2v) is 8.50. The first-order valence-corrected chi connectivity index (χ1v) is 10.5. The first-order chi connectivity index (χ1) is 13.5. The molecule has 3 fully saturated rings. The molecule has 3 amide bonds. The fourth-order valence-electron chi connectivity index (χ4n) is 4.16. The molecule has 0 radical (unpaired) electrons. The van der Waals surface area contributed by atoms with Crippen molar-refractivity contribution in [2.75, 3.05) is 24.7 Å². The number of rotatable bonds is 5. The van der Waals surface area contributed by atoms with E-state index in [1.54, 1.807) is 39.0 Å². The molecular weight excluding hydrogens is 378 g/mol. The van der Waals surface area contributed by atoms with Crippen LogP contribution in [0.25, 0.3) is 0 Å². The minimum atomic E-state index is -0.152. The Hall–Kier alpha value is -2.08. The average Bonchev–Trinajstić information content (AvgIpc) is 3.48. The zero-order valence-electron chi connectivity index (χ0n) is 16.0. The molecule has 0 spiro atoms. The fourth-order valence-corrected chi connectivity index (χ4v) is 4.29. The topological polar surface area (TPSA) is 60.9 Å². The molecule has 0 aromatic heterocycles. The van der Waals surface area contributed by atoms with Crippen LogP contribution in [0.4, 0.5) is 5.69 Å². The summed E-state index contributed by atoms with van der Waals surface area (Å²) in [6.07, 6.45) is 7.20. The Morgan fingerprint density at radius 1 is 1.04 bits per heavy atom. The minimum Gasteiger partial charge on any atom is -0.330 e. The average molecular weight is 404 g/mol. The van der Waals surface area contributed by atoms with Crippen LogP contribution in [0.2, 0.25) is 5.02 Å². The predicted molar refractivity (Wildman–Crippen MR) is 107 cm³/mol. The Kier molecular flexibility index (Phi) is 5.58. The van der Waals surface area contributed by atoms with Gasteiger partial charge in [-0.15, -0.1) is 0 Å². The summed E-state index contributed by atoms with van der Waals surface area (Å²) in [4.78, 5) is 43.2. The molecular formula is C21H26ClN3O3. The summed E-state index contributed by atoms with van der Waals surface area (Å²) < 4.78 is 0. The third kappa shape index (κ3) is 4.17. The SMILES string of the molecule is O=C(CN(C(=O)C1CCCCC1)C1CC1)N1CC(=O)N(c2ccc(Cl)cc2)C1. The summed E-state index contributed by atoms with van der Waals surface area (Å²) in [6, 6.07) is 7.21. The molecule has 0 bridgehead atoms. The van der Waals surface area contributed by atoms with Gasteiger partial charge < -0.3 is 9.80 Å². The van der Waals surface area contributed by atoms with Crippen LogP contribution in [0.3, 0.4) is 0 Å². The van der Waals surface area contributed by atoms with E-state index < -0.39 is 0 Å². The maximum Gasteiger partial charge on any atom is 0.248 e. The molecule has 1 aliphatic heterocycles. The fraction of sp³-hybridized carbons (Fsp3) is 0.571. The van der Waals surface area contributed by atoms with Crippen molar-refractivity contribution in [1.82, 2.24) is 9.80 Å². The van der Waals surface area contributed by atoms with Gasteiger partial charge in [0, 0.05) is 22.7 Å². The maximum atomic E-state index is 13.0. The third-order valence-corrected chi connectivity index (χ3v) is 6.21. The van der Waals surface area contributed by atoms with E-state index >= 15 is 0 Å². The van der Waals surface area contributed by atoms with Gasteiger partial charge in [-0.3, -0.25) is 19.3 Å². The molecule has 150 valence electrons. The van der Waals surface area contributed by atoms with Crippen LogP contribution < -0.4 is 4.90 Å². The largest absolute Gasteiger partial charge is 0.330 e. The zero-order valence-corrected chi connectivity index (χ0v) is 16.7. The number of anilines is 1. The van der Waals surface area contributed by atoms with E-state index in [1.165, 1.54) is 6.42 Å². The zero-order chi connectivity index (χ0) is 19.7. The van der Waals surface area contributed by atoms with Gasteiger partial charge in [-0.1, -0.05) is 30.9 Å². The summed E-state index contributed by atoms with van der Waals surface area (Å²) in [5.74, 6) is -0.0725. The van der Waals surface area contributed by atoms with E-state index in [9.17, 15) is 14.4 Å². The Morgan fingerprint density at radius 3 is 2.36 bits per heavy atom. The van der Waals surface area contributed by atoms with Crippen LogP contribution >= 0.6 is 11.6 Å². The second kappa shape index (κ2) is 8.11. The van der Waals surface area contributed by atoms with Gasteiger partial charge in [0.05, 0.1) is 0 Å². The molecule has 1 aromatic carbocycles. The van der Waals surface area contributed by atoms with E-state index in [0.29, 0.717) is 5.02 Å². The Morgan fingerprint density at radius 2 is 1.71 bits per heavy atom. The van der Waals surface area contributed by atoms with Crippen molar-refractivity contribution in [1.29, 1.82) is 0 Å². The van der Waals surface area contributed by atoms with Crippen molar-refractivity contribution in [3.63, 3.8) is 0 Å². The van der Waals surface area contributed by atoms with Gasteiger partial charge in [-0.2, -0.15) is 0 Å². The molecule has 0 N–H and O–H groups in total. The third-order valence-electron chi connectivity index (χ3n) is 5.96. The molecule has 1 saturated heterocycles. The summed E-state index contributed by atoms with van der Waals surface area (Å²) in [5.41, 5.74) is 0.724. The summed E-state index contributed by atoms with van der Waals surface area (Å²) in [6.45, 7) is 0.356. The van der Waals surface area contributed by atoms with Crippen molar-refractivity contribution in [2.45, 2.75) is 51.0 Å². The summed E-state index contributed by atoms with van der Waals surface area (Å²) >= 11 is 5.91. The molecule has 2 aliphatic carbocycles. The van der Waals surface area contributed by atoms with Crippen LogP contribution in [0.1, 0.15) is 44.9 Å². The van der Waals surface area contributed by atoms with Gasteiger partial charge in [-0.25, -0.2) is 0 Å². The minimum absolute atomic E-state index is 0.0532. The molecule has 0 unspecified atom stereocenters. The van der Waals surface area contributed by atoms with E-state index in [-0.39, 0.29) is 49.4 Å². The number of halogens is 1. The van der Waals surface area contributed by atoms with Crippen LogP contribution in [0.15, 0.2) is 24.3 Å². The van der Waals surface area contributed by atoms with Crippen molar-refractivity contribution < 1.29 is 14.4 Å². The molecule has 4 rings (SSSR count). The van der Waals surface area contributed by atoms with Gasteiger partial charge in [-0.05, 0) is 49.9 Å². The highest BCUT2D eigenvalue weighted by Crippen LogP contribution is 2.32. The number of hydrogen-bond donors (Lipinski definition) is 0. The number of nitrogens with zero attached hydrogens (tertiary/aromatic N) is 3. The lowest BCUT2D eigenvalue weighted by atomic mass is 9.88. The molecule has 2 saturated carbocycles. The van der Waals surface area contributed by atoms with Crippen LogP contribution in [0.5, 0.6) is 0 Å². The summed E-state index contributed by atoms with van der Waals surface area (Å²) in [7, 11) is 0. The van der Waals surface area contributed by atoms with Crippen molar-refractivity contribution >= 4 is 35.0 Å². The van der Waals surface area contributed by atoms with Crippen LogP contribution in [-0.4, -0.2) is 53.3 Å². The predicted octanol–water partition coefficient (Wildman–Crippen LogP) is 3.04. The monoisotopic (exact) mass is 403 g/mol. The van der Waals surface area contributed by atoms with Crippen LogP contribution in [-0.2, 0) is 14.4 Å². The van der Waals surface area contributed by atoms with E-state index in [1.807, 2.05) is 0 Å². The quantitative estimate of drug-likeness (QED) is 0.759. The van der Waals surface area contributed by atoms with Gasteiger partial charge in [0.25, 0.3) is 0 Å². The maximum absolute atomic E-state index is 13.0. The van der Waals surface area contributed by atoms with E-state index in [0.717, 1.165) is 44.2 Å². The van der Waals surface area contributed by atoms with Crippen LogP contribution in [0, 0.1) is 5.92 Å². The normalized spacial score (nSPS) is 20.5. The highest BCUT2D eigenvalue weighted by atomic mass is 35.5. The highest BCUT2D eigenvalue weighted by molar-refractivity contribution is 6.30. The van der Waals surface area contributed by atoms with E-state index in [2.05, 4.69) is 0 Å². The molecule has 6 nitrogen and oxygen atoms in total. The number of carbonyl (C=O) groups excluding carboxylic acids is 3. The van der Waals surface area contributed by atoms with Crippen molar-refractivity contribution in [3.8, 4) is 0 Å². The first-order valence-electron chi connectivity index (χ1n) is 10.2. The van der Waals surface area contributed by atoms with Crippen molar-refractivity contribution in [2.24, 2.45) is 5.92 Å². The molecule has 1 aromatic rings. The number of amides is 3. The standard InChI is InChI=1S/C21H26ClN3O3/c22-16-6-8-18(9-7-16)25-14-23(12-20(25)27)19(26)13-24(17-10-11-17)21(28)15-4-2-1-3-5-15/h6-9,15,17H,1-5,10-14H2. The lowest BCUT2D eigenvalue weighted by Gasteiger charge is -2.30. The molecule has 0 atom stereocenters. The Balaban J connectivity index is 1.40. The van der Waals surface area contributed by atoms with Gasteiger partial charge in [0.2, 0.25) is 17.7 Å². The number of benzene rings is 1. The molecule has 3 aliphatic rings. The van der Waals surface area contributed by atoms with Gasteiger partial charge in [0.1, 0.15) is 19.8 Å². The van der Waals surface area contributed by atoms with E-state index in [4.69, 9.17) is 11.6 Å². The lowest BCUT2D eigenvalue weighted by Crippen LogP contribution is -2.46. The molecule has 7 heteroatoms.